The van der Waals surface area contributed by atoms with Gasteiger partial charge in [-0.25, -0.2) is 4.98 Å². The summed E-state index contributed by atoms with van der Waals surface area (Å²) in [5.41, 5.74) is 0.713. The molecule has 0 saturated heterocycles. The van der Waals surface area contributed by atoms with Gasteiger partial charge in [-0.1, -0.05) is 25.2 Å². The Balaban J connectivity index is 1.51. The van der Waals surface area contributed by atoms with Gasteiger partial charge in [-0.2, -0.15) is 0 Å². The molecule has 3 aromatic rings. The van der Waals surface area contributed by atoms with Gasteiger partial charge in [-0.3, -0.25) is 9.59 Å². The van der Waals surface area contributed by atoms with Gasteiger partial charge < -0.3 is 24.5 Å². The molecule has 0 spiro atoms. The molecule has 0 radical (unpaired) electrons. The Hall–Kier alpha value is -3.07. The number of hydrogen-bond donors (Lipinski definition) is 2. The van der Waals surface area contributed by atoms with Gasteiger partial charge in [0.05, 0.1) is 16.5 Å². The normalized spacial score (nSPS) is 14.1. The van der Waals surface area contributed by atoms with Crippen molar-refractivity contribution in [2.45, 2.75) is 19.9 Å². The molecule has 2 N–H and O–H groups in total. The molecule has 4 rings (SSSR count). The molecule has 1 atom stereocenters. The summed E-state index contributed by atoms with van der Waals surface area (Å²) in [7, 11) is 0. The maximum Gasteiger partial charge on any atom is 0.287 e. The second-order valence-corrected chi connectivity index (χ2v) is 7.67. The monoisotopic (exact) mass is 401 g/mol. The van der Waals surface area contributed by atoms with E-state index in [9.17, 15) is 9.59 Å². The Morgan fingerprint density at radius 3 is 2.61 bits per heavy atom. The van der Waals surface area contributed by atoms with E-state index in [1.54, 1.807) is 18.2 Å². The van der Waals surface area contributed by atoms with Crippen molar-refractivity contribution < 1.29 is 23.5 Å². The first-order chi connectivity index (χ1) is 13.5. The molecule has 2 aromatic heterocycles. The third-order valence-corrected chi connectivity index (χ3v) is 5.20. The average molecular weight is 401 g/mol. The third kappa shape index (κ3) is 3.65. The fourth-order valence-corrected chi connectivity index (χ4v) is 3.74. The molecule has 1 aliphatic rings. The molecule has 1 unspecified atom stereocenters. The number of aromatic nitrogens is 1. The van der Waals surface area contributed by atoms with E-state index in [1.165, 1.54) is 17.6 Å². The van der Waals surface area contributed by atoms with Crippen LogP contribution in [0, 0.1) is 5.92 Å². The van der Waals surface area contributed by atoms with E-state index in [0.29, 0.717) is 35.4 Å². The Labute approximate surface area is 164 Å². The number of thiazole rings is 1. The van der Waals surface area contributed by atoms with E-state index in [0.717, 1.165) is 4.70 Å². The van der Waals surface area contributed by atoms with E-state index in [4.69, 9.17) is 13.9 Å². The first-order valence-electron chi connectivity index (χ1n) is 8.86. The number of anilines is 1. The first-order valence-corrected chi connectivity index (χ1v) is 9.68. The van der Waals surface area contributed by atoms with E-state index in [2.05, 4.69) is 15.6 Å². The summed E-state index contributed by atoms with van der Waals surface area (Å²) in [6, 6.07) is 6.09. The van der Waals surface area contributed by atoms with Crippen LogP contribution >= 0.6 is 11.3 Å². The lowest BCUT2D eigenvalue weighted by Gasteiger charge is -2.20. The number of nitrogens with zero attached hydrogens (tertiary/aromatic N) is 1. The highest BCUT2D eigenvalue weighted by atomic mass is 32.1. The van der Waals surface area contributed by atoms with Crippen molar-refractivity contribution in [3.63, 3.8) is 0 Å². The van der Waals surface area contributed by atoms with Crippen LogP contribution in [0.3, 0.4) is 0 Å². The van der Waals surface area contributed by atoms with Crippen LogP contribution in [0.15, 0.2) is 34.9 Å². The molecule has 0 bridgehead atoms. The Kier molecular flexibility index (Phi) is 4.91. The van der Waals surface area contributed by atoms with Crippen molar-refractivity contribution in [1.29, 1.82) is 0 Å². The Morgan fingerprint density at radius 2 is 1.93 bits per heavy atom. The van der Waals surface area contributed by atoms with E-state index >= 15 is 0 Å². The minimum Gasteiger partial charge on any atom is -0.486 e. The van der Waals surface area contributed by atoms with Gasteiger partial charge in [0.15, 0.2) is 22.4 Å². The number of ether oxygens (including phenoxy) is 2. The number of carbonyl (C=O) groups is 2. The Bertz CT molecular complexity index is 969. The lowest BCUT2D eigenvalue weighted by atomic mass is 10.0. The summed E-state index contributed by atoms with van der Waals surface area (Å²) in [6.07, 6.45) is 1.41. The highest BCUT2D eigenvalue weighted by molar-refractivity contribution is 7.22. The molecular formula is C19H19N3O5S. The zero-order valence-electron chi connectivity index (χ0n) is 15.4. The lowest BCUT2D eigenvalue weighted by molar-refractivity contribution is -0.118. The molecule has 0 aliphatic carbocycles. The predicted octanol–water partition coefficient (Wildman–Crippen LogP) is 3.05. The van der Waals surface area contributed by atoms with Crippen LogP contribution in [-0.4, -0.2) is 36.1 Å². The summed E-state index contributed by atoms with van der Waals surface area (Å²) >= 11 is 1.33. The van der Waals surface area contributed by atoms with Gasteiger partial charge in [-0.05, 0) is 18.1 Å². The molecule has 0 saturated carbocycles. The number of amides is 2. The highest BCUT2D eigenvalue weighted by Crippen LogP contribution is 2.37. The van der Waals surface area contributed by atoms with Crippen molar-refractivity contribution in [2.24, 2.45) is 5.92 Å². The van der Waals surface area contributed by atoms with Crippen LogP contribution in [0.4, 0.5) is 5.13 Å². The zero-order chi connectivity index (χ0) is 19.7. The van der Waals surface area contributed by atoms with Crippen LogP contribution < -0.4 is 20.1 Å². The van der Waals surface area contributed by atoms with E-state index < -0.39 is 11.9 Å². The SMILES string of the molecule is CC(C)C(NC(=O)c1ccco1)C(=O)Nc1nc2cc3c(cc2s1)OCCO3. The maximum atomic E-state index is 12.8. The van der Waals surface area contributed by atoms with Crippen molar-refractivity contribution >= 4 is 38.5 Å². The average Bonchev–Trinajstić information content (AvgIpc) is 3.32. The van der Waals surface area contributed by atoms with Crippen molar-refractivity contribution in [3.05, 3.63) is 36.3 Å². The summed E-state index contributed by atoms with van der Waals surface area (Å²) in [5, 5.41) is 5.95. The number of carbonyl (C=O) groups excluding carboxylic acids is 2. The van der Waals surface area contributed by atoms with Crippen LogP contribution in [0.2, 0.25) is 0 Å². The van der Waals surface area contributed by atoms with Gasteiger partial charge in [0, 0.05) is 12.1 Å². The van der Waals surface area contributed by atoms with Crippen molar-refractivity contribution in [1.82, 2.24) is 10.3 Å². The van der Waals surface area contributed by atoms with Crippen LogP contribution in [0.5, 0.6) is 11.5 Å². The summed E-state index contributed by atoms with van der Waals surface area (Å²) in [4.78, 5) is 29.4. The molecule has 3 heterocycles. The molecule has 0 fully saturated rings. The van der Waals surface area contributed by atoms with Crippen LogP contribution in [-0.2, 0) is 4.79 Å². The summed E-state index contributed by atoms with van der Waals surface area (Å²) in [5.74, 6) is 0.571. The fraction of sp³-hybridized carbons (Fsp3) is 0.316. The molecule has 28 heavy (non-hydrogen) atoms. The third-order valence-electron chi connectivity index (χ3n) is 4.26. The second-order valence-electron chi connectivity index (χ2n) is 6.64. The smallest absolute Gasteiger partial charge is 0.287 e. The number of hydrogen-bond acceptors (Lipinski definition) is 7. The van der Waals surface area contributed by atoms with Gasteiger partial charge in [0.2, 0.25) is 5.91 Å². The number of rotatable bonds is 5. The maximum absolute atomic E-state index is 12.8. The van der Waals surface area contributed by atoms with Crippen molar-refractivity contribution in [3.8, 4) is 11.5 Å². The molecular weight excluding hydrogens is 382 g/mol. The predicted molar refractivity (Wildman–Crippen MR) is 104 cm³/mol. The second kappa shape index (κ2) is 7.51. The number of furan rings is 1. The molecule has 2 amide bonds. The largest absolute Gasteiger partial charge is 0.486 e. The molecule has 9 heteroatoms. The van der Waals surface area contributed by atoms with Gasteiger partial charge in [0.25, 0.3) is 5.91 Å². The van der Waals surface area contributed by atoms with E-state index in [1.807, 2.05) is 19.9 Å². The topological polar surface area (TPSA) is 103 Å². The van der Waals surface area contributed by atoms with E-state index in [-0.39, 0.29) is 17.6 Å². The Morgan fingerprint density at radius 1 is 1.18 bits per heavy atom. The first kappa shape index (κ1) is 18.3. The zero-order valence-corrected chi connectivity index (χ0v) is 16.2. The van der Waals surface area contributed by atoms with Gasteiger partial charge >= 0.3 is 0 Å². The number of benzene rings is 1. The molecule has 146 valence electrons. The standard InChI is InChI=1S/C19H19N3O5S/c1-10(2)16(21-17(23)12-4-3-5-25-12)18(24)22-19-20-11-8-13-14(9-15(11)28-19)27-7-6-26-13/h3-5,8-10,16H,6-7H2,1-2H3,(H,21,23)(H,20,22,24). The minimum atomic E-state index is -0.732. The fourth-order valence-electron chi connectivity index (χ4n) is 2.86. The number of nitrogens with one attached hydrogen (secondary N) is 2. The van der Waals surface area contributed by atoms with Crippen LogP contribution in [0.25, 0.3) is 10.2 Å². The summed E-state index contributed by atoms with van der Waals surface area (Å²) < 4.78 is 17.1. The quantitative estimate of drug-likeness (QED) is 0.681. The van der Waals surface area contributed by atoms with Crippen LogP contribution in [0.1, 0.15) is 24.4 Å². The van der Waals surface area contributed by atoms with Crippen molar-refractivity contribution in [2.75, 3.05) is 18.5 Å². The number of fused-ring (bicyclic) bond motifs is 2. The highest BCUT2D eigenvalue weighted by Gasteiger charge is 2.26. The van der Waals surface area contributed by atoms with Gasteiger partial charge in [0.1, 0.15) is 19.3 Å². The molecule has 1 aromatic carbocycles. The lowest BCUT2D eigenvalue weighted by Crippen LogP contribution is -2.47. The molecule has 8 nitrogen and oxygen atoms in total. The van der Waals surface area contributed by atoms with Gasteiger partial charge in [-0.15, -0.1) is 0 Å². The molecule has 1 aliphatic heterocycles. The summed E-state index contributed by atoms with van der Waals surface area (Å²) in [6.45, 7) is 4.71. The minimum absolute atomic E-state index is 0.123.